The van der Waals surface area contributed by atoms with Gasteiger partial charge in [0.2, 0.25) is 0 Å². The Hall–Kier alpha value is -1.52. The Morgan fingerprint density at radius 1 is 0.650 bits per heavy atom. The summed E-state index contributed by atoms with van der Waals surface area (Å²) in [4.78, 5) is 44.7. The molecular weight excluding hydrogens is 833 g/mol. The number of carbonyl (C=O) groups excluding carboxylic acids is 3. The third-order valence-electron chi connectivity index (χ3n) is 9.06. The summed E-state index contributed by atoms with van der Waals surface area (Å²) in [5.74, 6) is 2.38. The minimum Gasteiger partial charge on any atom is -0.444 e. The number of alkyl halides is 2. The molecule has 4 atom stereocenters. The Morgan fingerprint density at radius 3 is 1.23 bits per heavy atom. The molecule has 4 fully saturated rings. The van der Waals surface area contributed by atoms with Crippen LogP contribution in [0.3, 0.4) is 0 Å². The van der Waals surface area contributed by atoms with E-state index in [4.69, 9.17) is 42.5 Å². The molecule has 0 spiro atoms. The van der Waals surface area contributed by atoms with Crippen LogP contribution in [-0.2, 0) is 14.2 Å². The van der Waals surface area contributed by atoms with Crippen LogP contribution in [-0.4, -0.2) is 184 Å². The molecule has 0 aromatic heterocycles. The van der Waals surface area contributed by atoms with E-state index in [2.05, 4.69) is 55.5 Å². The molecule has 0 aromatic carbocycles. The van der Waals surface area contributed by atoms with Crippen LogP contribution in [0.25, 0.3) is 0 Å². The standard InChI is InChI=1S/C12H24N2O2.C11H21NO2.C10H19NO3.C7H16N2.C2H7N.CH2Cl2.ClH/c1-12(2,3)16-11(15)14-7-6-10(9-14)8-13(4)5;1-5-9-6-7-12(8-9)10(13)14-11(2,3)4;1-10(2,3)14-9(13)11-5-4-8(6-11)7-12;1-9(2)6-7-3-4-8-5-7;1-3-2;2-1-3;/h10H,6-9H2,1-5H3;9H,5-8H2,1-4H3;8,12H,4-7H2,1-3H3;7-8H,3-6H2,1-2H3;3H,1-2H3;1H2;1H/t10-;9-;8-;7-;;;/m0111.../s1. The maximum atomic E-state index is 11.8. The lowest BCUT2D eigenvalue weighted by Crippen LogP contribution is -2.36. The van der Waals surface area contributed by atoms with Gasteiger partial charge in [-0.3, -0.25) is 0 Å². The van der Waals surface area contributed by atoms with Gasteiger partial charge in [0, 0.05) is 64.9 Å². The van der Waals surface area contributed by atoms with Crippen molar-refractivity contribution >= 4 is 53.9 Å². The number of nitrogens with one attached hydrogen (secondary N) is 2. The number of aliphatic hydroxyl groups excluding tert-OH is 1. The van der Waals surface area contributed by atoms with Gasteiger partial charge in [-0.15, -0.1) is 35.6 Å². The number of nitrogens with zero attached hydrogens (tertiary/aromatic N) is 5. The zero-order chi connectivity index (χ0) is 46.0. The summed E-state index contributed by atoms with van der Waals surface area (Å²) in [7, 11) is 12.2. The molecule has 4 saturated heterocycles. The van der Waals surface area contributed by atoms with Crippen LogP contribution < -0.4 is 10.6 Å². The molecule has 0 aliphatic carbocycles. The van der Waals surface area contributed by atoms with Crippen molar-refractivity contribution in [3.05, 3.63) is 0 Å². The molecule has 4 aliphatic heterocycles. The van der Waals surface area contributed by atoms with E-state index in [1.807, 2.05) is 86.2 Å². The van der Waals surface area contributed by atoms with Gasteiger partial charge < -0.3 is 54.5 Å². The van der Waals surface area contributed by atoms with Crippen molar-refractivity contribution in [2.24, 2.45) is 23.7 Å². The first kappa shape index (κ1) is 62.8. The van der Waals surface area contributed by atoms with E-state index in [9.17, 15) is 14.4 Å². The van der Waals surface area contributed by atoms with Gasteiger partial charge in [0.05, 0.1) is 5.34 Å². The third-order valence-corrected chi connectivity index (χ3v) is 9.06. The molecular formula is C43H90Cl3N7O7. The Kier molecular flexibility index (Phi) is 34.6. The van der Waals surface area contributed by atoms with Crippen LogP contribution >= 0.6 is 35.6 Å². The Bertz CT molecular complexity index is 1070. The number of carbonyl (C=O) groups is 3. The highest BCUT2D eigenvalue weighted by Crippen LogP contribution is 2.22. The molecule has 4 heterocycles. The Morgan fingerprint density at radius 2 is 0.967 bits per heavy atom. The molecule has 60 heavy (non-hydrogen) atoms. The largest absolute Gasteiger partial charge is 0.444 e. The predicted molar refractivity (Wildman–Crippen MR) is 252 cm³/mol. The zero-order valence-corrected chi connectivity index (χ0v) is 43.0. The minimum atomic E-state index is -0.436. The highest BCUT2D eigenvalue weighted by atomic mass is 35.5. The zero-order valence-electron chi connectivity index (χ0n) is 40.6. The van der Waals surface area contributed by atoms with Crippen molar-refractivity contribution in [3.63, 3.8) is 0 Å². The molecule has 3 amide bonds. The maximum absolute atomic E-state index is 11.8. The van der Waals surface area contributed by atoms with Crippen LogP contribution in [0, 0.1) is 23.7 Å². The molecule has 0 saturated carbocycles. The van der Waals surface area contributed by atoms with Crippen molar-refractivity contribution in [1.82, 2.24) is 35.1 Å². The van der Waals surface area contributed by atoms with Crippen molar-refractivity contribution in [1.29, 1.82) is 0 Å². The van der Waals surface area contributed by atoms with E-state index in [1.54, 1.807) is 4.90 Å². The van der Waals surface area contributed by atoms with Gasteiger partial charge in [0.1, 0.15) is 16.8 Å². The second-order valence-electron chi connectivity index (χ2n) is 19.3. The normalized spacial score (nSPS) is 21.1. The number of hydrogen-bond acceptors (Lipinski definition) is 11. The quantitative estimate of drug-likeness (QED) is 0.180. The summed E-state index contributed by atoms with van der Waals surface area (Å²) < 4.78 is 15.9. The number of amides is 3. The molecule has 0 radical (unpaired) electrons. The molecule has 14 nitrogen and oxygen atoms in total. The second kappa shape index (κ2) is 33.1. The number of likely N-dealkylation sites (tertiary alicyclic amines) is 3. The number of halogens is 3. The number of rotatable bonds is 6. The Balaban J connectivity index is -0.000000695. The van der Waals surface area contributed by atoms with Gasteiger partial charge in [-0.2, -0.15) is 0 Å². The lowest BCUT2D eigenvalue weighted by molar-refractivity contribution is 0.0274. The van der Waals surface area contributed by atoms with Gasteiger partial charge >= 0.3 is 18.3 Å². The van der Waals surface area contributed by atoms with E-state index in [0.717, 1.165) is 64.3 Å². The van der Waals surface area contributed by atoms with Gasteiger partial charge in [-0.05, 0) is 161 Å². The van der Waals surface area contributed by atoms with E-state index in [1.165, 1.54) is 26.1 Å². The van der Waals surface area contributed by atoms with E-state index in [0.29, 0.717) is 24.9 Å². The fourth-order valence-electron chi connectivity index (χ4n) is 6.51. The first-order valence-electron chi connectivity index (χ1n) is 21.5. The number of aliphatic hydroxyl groups is 1. The molecule has 4 rings (SSSR count). The van der Waals surface area contributed by atoms with Crippen LogP contribution in [0.4, 0.5) is 14.4 Å². The van der Waals surface area contributed by atoms with E-state index in [-0.39, 0.29) is 54.2 Å². The lowest BCUT2D eigenvalue weighted by Gasteiger charge is -2.24. The third kappa shape index (κ3) is 34.0. The smallest absolute Gasteiger partial charge is 0.410 e. The minimum absolute atomic E-state index is 0. The van der Waals surface area contributed by atoms with Gasteiger partial charge in [0.25, 0.3) is 0 Å². The summed E-state index contributed by atoms with van der Waals surface area (Å²) in [6, 6.07) is 0. The average Bonchev–Trinajstić information content (AvgIpc) is 3.92. The maximum Gasteiger partial charge on any atom is 0.410 e. The second-order valence-corrected chi connectivity index (χ2v) is 20.1. The fraction of sp³-hybridized carbons (Fsp3) is 0.930. The topological polar surface area (TPSA) is 139 Å². The van der Waals surface area contributed by atoms with Crippen molar-refractivity contribution < 1.29 is 33.7 Å². The van der Waals surface area contributed by atoms with E-state index >= 15 is 0 Å². The molecule has 360 valence electrons. The van der Waals surface area contributed by atoms with Crippen molar-refractivity contribution in [2.45, 2.75) is 118 Å². The monoisotopic (exact) mass is 922 g/mol. The highest BCUT2D eigenvalue weighted by Gasteiger charge is 2.31. The van der Waals surface area contributed by atoms with Crippen molar-refractivity contribution in [2.75, 3.05) is 120 Å². The van der Waals surface area contributed by atoms with Gasteiger partial charge in [-0.1, -0.05) is 13.3 Å². The SMILES string of the molecule is CC(C)(C)OC(=O)N1CC[C@@H](CO)C1.CC[C@@H]1CCN(C(=O)OC(C)(C)C)C1.CN(C)C[C@@H]1CCN(C(=O)OC(C)(C)C)C1.CN(C)C[C@@H]1CCNC1.CNC.Cl.ClCCl. The molecule has 3 N–H and O–H groups in total. The van der Waals surface area contributed by atoms with Crippen LogP contribution in [0.15, 0.2) is 0 Å². The van der Waals surface area contributed by atoms with Crippen LogP contribution in [0.1, 0.15) is 101 Å². The van der Waals surface area contributed by atoms with E-state index < -0.39 is 11.2 Å². The lowest BCUT2D eigenvalue weighted by atomic mass is 10.1. The summed E-state index contributed by atoms with van der Waals surface area (Å²) >= 11 is 9.53. The summed E-state index contributed by atoms with van der Waals surface area (Å²) in [5, 5.41) is 15.2. The Labute approximate surface area is 382 Å². The molecule has 4 aliphatic rings. The first-order valence-corrected chi connectivity index (χ1v) is 22.6. The fourth-order valence-corrected chi connectivity index (χ4v) is 6.51. The predicted octanol–water partition coefficient (Wildman–Crippen LogP) is 7.53. The molecule has 17 heteroatoms. The first-order chi connectivity index (χ1) is 27.2. The van der Waals surface area contributed by atoms with Gasteiger partial charge in [-0.25, -0.2) is 14.4 Å². The van der Waals surface area contributed by atoms with Gasteiger partial charge in [0.15, 0.2) is 0 Å². The van der Waals surface area contributed by atoms with Crippen LogP contribution in [0.2, 0.25) is 0 Å². The van der Waals surface area contributed by atoms with Crippen LogP contribution in [0.5, 0.6) is 0 Å². The average molecular weight is 924 g/mol. The number of ether oxygens (including phenoxy) is 3. The molecule has 0 aromatic rings. The number of hydrogen-bond donors (Lipinski definition) is 3. The molecule has 0 bridgehead atoms. The molecule has 0 unspecified atom stereocenters. The summed E-state index contributed by atoms with van der Waals surface area (Å²) in [5.41, 5.74) is -1.20. The summed E-state index contributed by atoms with van der Waals surface area (Å²) in [6.07, 6.45) is 4.98. The van der Waals surface area contributed by atoms with Crippen molar-refractivity contribution in [3.8, 4) is 0 Å². The summed E-state index contributed by atoms with van der Waals surface area (Å²) in [6.45, 7) is 28.7. The highest BCUT2D eigenvalue weighted by molar-refractivity contribution is 6.40.